The molecule has 2 aromatic heterocycles. The molecule has 0 fully saturated rings. The van der Waals surface area contributed by atoms with Gasteiger partial charge in [-0.05, 0) is 53.5 Å². The molecule has 0 saturated heterocycles. The van der Waals surface area contributed by atoms with Crippen LogP contribution in [0.1, 0.15) is 20.3 Å². The van der Waals surface area contributed by atoms with Crippen molar-refractivity contribution in [2.24, 2.45) is 0 Å². The second kappa shape index (κ2) is 8.07. The molecule has 6 heteroatoms. The van der Waals surface area contributed by atoms with Crippen LogP contribution in [-0.2, 0) is 0 Å². The zero-order chi connectivity index (χ0) is 17.6. The fourth-order valence-corrected chi connectivity index (χ4v) is 2.63. The molecule has 3 aromatic rings. The lowest BCUT2D eigenvalue weighted by molar-refractivity contribution is 0.753. The Balaban J connectivity index is 1.99. The number of hydrogen-bond acceptors (Lipinski definition) is 5. The lowest BCUT2D eigenvalue weighted by Crippen LogP contribution is -2.16. The summed E-state index contributed by atoms with van der Waals surface area (Å²) in [6, 6.07) is 15.9. The standard InChI is InChI=1S/C19H20BrN5/c1-3-13(2)22-19-24-17(16-10-6-7-11-21-16)12-18(25-19)23-15-9-5-4-8-14(15)20/h4-13H,3H2,1-2H3,(H2,22,23,24,25)/t13-/m1/s1. The molecule has 0 unspecified atom stereocenters. The first-order valence-electron chi connectivity index (χ1n) is 8.24. The van der Waals surface area contributed by atoms with Crippen LogP contribution in [0, 0.1) is 0 Å². The Morgan fingerprint density at radius 2 is 1.84 bits per heavy atom. The highest BCUT2D eigenvalue weighted by Gasteiger charge is 2.10. The number of para-hydroxylation sites is 1. The monoisotopic (exact) mass is 397 g/mol. The van der Waals surface area contributed by atoms with Gasteiger partial charge in [0, 0.05) is 22.8 Å². The summed E-state index contributed by atoms with van der Waals surface area (Å²) in [5.74, 6) is 1.31. The summed E-state index contributed by atoms with van der Waals surface area (Å²) in [7, 11) is 0. The van der Waals surface area contributed by atoms with E-state index in [1.807, 2.05) is 48.5 Å². The minimum atomic E-state index is 0.287. The zero-order valence-electron chi connectivity index (χ0n) is 14.2. The van der Waals surface area contributed by atoms with Crippen LogP contribution < -0.4 is 10.6 Å². The molecule has 0 radical (unpaired) electrons. The summed E-state index contributed by atoms with van der Waals surface area (Å²) in [5.41, 5.74) is 2.53. The Morgan fingerprint density at radius 3 is 2.56 bits per heavy atom. The maximum Gasteiger partial charge on any atom is 0.225 e. The molecule has 0 aliphatic rings. The van der Waals surface area contributed by atoms with Crippen molar-refractivity contribution in [2.75, 3.05) is 10.6 Å². The molecule has 0 aliphatic heterocycles. The number of pyridine rings is 1. The first-order valence-corrected chi connectivity index (χ1v) is 9.03. The smallest absolute Gasteiger partial charge is 0.225 e. The second-order valence-corrected chi connectivity index (χ2v) is 6.59. The van der Waals surface area contributed by atoms with Crippen molar-refractivity contribution in [3.8, 4) is 11.4 Å². The maximum atomic E-state index is 4.62. The minimum absolute atomic E-state index is 0.287. The topological polar surface area (TPSA) is 62.7 Å². The molecule has 0 bridgehead atoms. The third kappa shape index (κ3) is 4.54. The summed E-state index contributed by atoms with van der Waals surface area (Å²) < 4.78 is 0.976. The zero-order valence-corrected chi connectivity index (χ0v) is 15.8. The van der Waals surface area contributed by atoms with E-state index in [0.29, 0.717) is 11.8 Å². The van der Waals surface area contributed by atoms with Gasteiger partial charge in [0.25, 0.3) is 0 Å². The number of aromatic nitrogens is 3. The first-order chi connectivity index (χ1) is 12.2. The van der Waals surface area contributed by atoms with Gasteiger partial charge in [-0.15, -0.1) is 0 Å². The number of rotatable bonds is 6. The third-order valence-corrected chi connectivity index (χ3v) is 4.47. The van der Waals surface area contributed by atoms with E-state index in [0.717, 1.165) is 28.0 Å². The molecule has 0 saturated carbocycles. The van der Waals surface area contributed by atoms with Crippen LogP contribution in [0.2, 0.25) is 0 Å². The number of nitrogens with zero attached hydrogens (tertiary/aromatic N) is 3. The lowest BCUT2D eigenvalue weighted by Gasteiger charge is -2.15. The summed E-state index contributed by atoms with van der Waals surface area (Å²) in [6.45, 7) is 4.23. The molecule has 0 aliphatic carbocycles. The van der Waals surface area contributed by atoms with Gasteiger partial charge >= 0.3 is 0 Å². The average molecular weight is 398 g/mol. The molecule has 1 atom stereocenters. The van der Waals surface area contributed by atoms with Crippen molar-refractivity contribution in [2.45, 2.75) is 26.3 Å². The van der Waals surface area contributed by atoms with Crippen LogP contribution >= 0.6 is 15.9 Å². The third-order valence-electron chi connectivity index (χ3n) is 3.78. The van der Waals surface area contributed by atoms with E-state index in [2.05, 4.69) is 55.4 Å². The molecular weight excluding hydrogens is 378 g/mol. The second-order valence-electron chi connectivity index (χ2n) is 5.74. The van der Waals surface area contributed by atoms with E-state index in [9.17, 15) is 0 Å². The van der Waals surface area contributed by atoms with Gasteiger partial charge in [0.15, 0.2) is 0 Å². The van der Waals surface area contributed by atoms with Crippen LogP contribution in [-0.4, -0.2) is 21.0 Å². The van der Waals surface area contributed by atoms with Crippen molar-refractivity contribution in [3.63, 3.8) is 0 Å². The summed E-state index contributed by atoms with van der Waals surface area (Å²) in [5, 5.41) is 6.69. The molecule has 3 rings (SSSR count). The predicted molar refractivity (Wildman–Crippen MR) is 106 cm³/mol. The highest BCUT2D eigenvalue weighted by atomic mass is 79.9. The summed E-state index contributed by atoms with van der Waals surface area (Å²) in [4.78, 5) is 13.6. The van der Waals surface area contributed by atoms with Gasteiger partial charge in [-0.2, -0.15) is 4.98 Å². The van der Waals surface area contributed by atoms with Gasteiger partial charge in [-0.3, -0.25) is 4.98 Å². The van der Waals surface area contributed by atoms with Gasteiger partial charge in [0.05, 0.1) is 17.1 Å². The van der Waals surface area contributed by atoms with E-state index in [1.54, 1.807) is 6.20 Å². The number of hydrogen-bond donors (Lipinski definition) is 2. The SMILES string of the molecule is CC[C@@H](C)Nc1nc(Nc2ccccc2Br)cc(-c2ccccn2)n1. The molecule has 2 N–H and O–H groups in total. The molecule has 5 nitrogen and oxygen atoms in total. The fraction of sp³-hybridized carbons (Fsp3) is 0.211. The fourth-order valence-electron chi connectivity index (χ4n) is 2.24. The normalized spacial score (nSPS) is 11.8. The van der Waals surface area contributed by atoms with E-state index in [4.69, 9.17) is 0 Å². The highest BCUT2D eigenvalue weighted by Crippen LogP contribution is 2.27. The minimum Gasteiger partial charge on any atom is -0.352 e. The van der Waals surface area contributed by atoms with Crippen molar-refractivity contribution in [1.29, 1.82) is 0 Å². The Hall–Kier alpha value is -2.47. The summed E-state index contributed by atoms with van der Waals surface area (Å²) >= 11 is 3.55. The molecule has 128 valence electrons. The van der Waals surface area contributed by atoms with Crippen LogP contribution in [0.25, 0.3) is 11.4 Å². The average Bonchev–Trinajstić information content (AvgIpc) is 2.64. The van der Waals surface area contributed by atoms with Gasteiger partial charge in [-0.1, -0.05) is 25.1 Å². The number of halogens is 1. The Labute approximate surface area is 156 Å². The van der Waals surface area contributed by atoms with Crippen molar-refractivity contribution < 1.29 is 0 Å². The van der Waals surface area contributed by atoms with Gasteiger partial charge in [0.2, 0.25) is 5.95 Å². The van der Waals surface area contributed by atoms with Gasteiger partial charge in [-0.25, -0.2) is 4.98 Å². The number of nitrogens with one attached hydrogen (secondary N) is 2. The van der Waals surface area contributed by atoms with Gasteiger partial charge in [0.1, 0.15) is 5.82 Å². The van der Waals surface area contributed by atoms with Crippen LogP contribution in [0.4, 0.5) is 17.5 Å². The van der Waals surface area contributed by atoms with Crippen LogP contribution in [0.15, 0.2) is 59.2 Å². The van der Waals surface area contributed by atoms with Crippen molar-refractivity contribution in [1.82, 2.24) is 15.0 Å². The van der Waals surface area contributed by atoms with Crippen molar-refractivity contribution >= 4 is 33.4 Å². The van der Waals surface area contributed by atoms with E-state index < -0.39 is 0 Å². The summed E-state index contributed by atoms with van der Waals surface area (Å²) in [6.07, 6.45) is 2.75. The van der Waals surface area contributed by atoms with E-state index >= 15 is 0 Å². The predicted octanol–water partition coefficient (Wildman–Crippen LogP) is 5.26. The van der Waals surface area contributed by atoms with Crippen LogP contribution in [0.3, 0.4) is 0 Å². The highest BCUT2D eigenvalue weighted by molar-refractivity contribution is 9.10. The maximum absolute atomic E-state index is 4.62. The largest absolute Gasteiger partial charge is 0.352 e. The Bertz CT molecular complexity index is 838. The van der Waals surface area contributed by atoms with E-state index in [-0.39, 0.29) is 6.04 Å². The van der Waals surface area contributed by atoms with E-state index in [1.165, 1.54) is 0 Å². The van der Waals surface area contributed by atoms with Gasteiger partial charge < -0.3 is 10.6 Å². The molecule has 25 heavy (non-hydrogen) atoms. The molecule has 2 heterocycles. The number of benzene rings is 1. The van der Waals surface area contributed by atoms with Crippen molar-refractivity contribution in [3.05, 3.63) is 59.2 Å². The Kier molecular flexibility index (Phi) is 5.60. The number of anilines is 3. The lowest BCUT2D eigenvalue weighted by atomic mass is 10.2. The first kappa shape index (κ1) is 17.4. The molecular formula is C19H20BrN5. The molecule has 0 amide bonds. The Morgan fingerprint density at radius 1 is 1.04 bits per heavy atom. The molecule has 0 spiro atoms. The van der Waals surface area contributed by atoms with Crippen LogP contribution in [0.5, 0.6) is 0 Å². The molecule has 1 aromatic carbocycles. The quantitative estimate of drug-likeness (QED) is 0.594.